The number of para-hydroxylation sites is 1. The average Bonchev–Trinajstić information content (AvgIpc) is 2.55. The van der Waals surface area contributed by atoms with E-state index in [0.29, 0.717) is 18.0 Å². The number of carbonyl (C=O) groups is 2. The topological polar surface area (TPSA) is 57.6 Å². The molecule has 0 spiro atoms. The molecule has 0 aromatic heterocycles. The summed E-state index contributed by atoms with van der Waals surface area (Å²) in [5.41, 5.74) is 2.83. The molecule has 0 saturated carbocycles. The number of nitrogens with zero attached hydrogens (tertiary/aromatic N) is 1. The van der Waals surface area contributed by atoms with Gasteiger partial charge in [0.1, 0.15) is 0 Å². The van der Waals surface area contributed by atoms with Gasteiger partial charge in [0.2, 0.25) is 0 Å². The molecule has 4 nitrogen and oxygen atoms in total. The van der Waals surface area contributed by atoms with E-state index in [1.807, 2.05) is 18.2 Å². The smallest absolute Gasteiger partial charge is 0.335 e. The Morgan fingerprint density at radius 3 is 2.36 bits per heavy atom. The van der Waals surface area contributed by atoms with E-state index in [-0.39, 0.29) is 11.5 Å². The second kappa shape index (κ2) is 5.64. The molecule has 0 radical (unpaired) electrons. The van der Waals surface area contributed by atoms with Crippen molar-refractivity contribution >= 4 is 17.6 Å². The molecule has 1 atom stereocenters. The minimum absolute atomic E-state index is 0.0868. The standard InChI is InChI=1S/C18H17NO3/c1-12-10-11-19(16-5-3-2-4-15(12)16)17(20)13-6-8-14(9-7-13)18(21)22/h2-9,12H,10-11H2,1H3,(H,21,22). The number of fused-ring (bicyclic) bond motifs is 1. The largest absolute Gasteiger partial charge is 0.478 e. The van der Waals surface area contributed by atoms with Crippen molar-refractivity contribution < 1.29 is 14.7 Å². The monoisotopic (exact) mass is 295 g/mol. The van der Waals surface area contributed by atoms with E-state index in [0.717, 1.165) is 12.1 Å². The average molecular weight is 295 g/mol. The van der Waals surface area contributed by atoms with Crippen LogP contribution in [0.4, 0.5) is 5.69 Å². The van der Waals surface area contributed by atoms with E-state index in [4.69, 9.17) is 5.11 Å². The Balaban J connectivity index is 1.93. The number of hydrogen-bond donors (Lipinski definition) is 1. The van der Waals surface area contributed by atoms with Crippen molar-refractivity contribution in [3.8, 4) is 0 Å². The first-order valence-corrected chi connectivity index (χ1v) is 7.32. The number of aromatic carboxylic acids is 1. The molecule has 2 aromatic carbocycles. The Bertz CT molecular complexity index is 721. The Morgan fingerprint density at radius 1 is 1.05 bits per heavy atom. The van der Waals surface area contributed by atoms with Crippen LogP contribution in [0.2, 0.25) is 0 Å². The Morgan fingerprint density at radius 2 is 1.68 bits per heavy atom. The molecule has 2 aromatic rings. The van der Waals surface area contributed by atoms with Gasteiger partial charge in [0.25, 0.3) is 5.91 Å². The normalized spacial score (nSPS) is 17.0. The highest BCUT2D eigenvalue weighted by Gasteiger charge is 2.26. The van der Waals surface area contributed by atoms with Crippen LogP contribution in [0.1, 0.15) is 45.5 Å². The van der Waals surface area contributed by atoms with Crippen LogP contribution in [0.3, 0.4) is 0 Å². The summed E-state index contributed by atoms with van der Waals surface area (Å²) < 4.78 is 0. The van der Waals surface area contributed by atoms with E-state index in [2.05, 4.69) is 13.0 Å². The third-order valence-corrected chi connectivity index (χ3v) is 4.17. The third-order valence-electron chi connectivity index (χ3n) is 4.17. The van der Waals surface area contributed by atoms with Crippen molar-refractivity contribution in [3.63, 3.8) is 0 Å². The predicted molar refractivity (Wildman–Crippen MR) is 84.6 cm³/mol. The van der Waals surface area contributed by atoms with Crippen molar-refractivity contribution in [1.29, 1.82) is 0 Å². The summed E-state index contributed by atoms with van der Waals surface area (Å²) in [6.07, 6.45) is 0.927. The van der Waals surface area contributed by atoms with Crippen molar-refractivity contribution in [1.82, 2.24) is 0 Å². The molecule has 22 heavy (non-hydrogen) atoms. The van der Waals surface area contributed by atoms with Crippen LogP contribution in [0, 0.1) is 0 Å². The van der Waals surface area contributed by atoms with Crippen LogP contribution in [-0.4, -0.2) is 23.5 Å². The van der Waals surface area contributed by atoms with Crippen LogP contribution in [0.25, 0.3) is 0 Å². The molecule has 1 unspecified atom stereocenters. The van der Waals surface area contributed by atoms with Gasteiger partial charge in [0.05, 0.1) is 5.56 Å². The molecule has 1 amide bonds. The van der Waals surface area contributed by atoms with Gasteiger partial charge in [-0.1, -0.05) is 25.1 Å². The number of carboxylic acid groups (broad SMARTS) is 1. The quantitative estimate of drug-likeness (QED) is 0.922. The van der Waals surface area contributed by atoms with Gasteiger partial charge in [-0.25, -0.2) is 4.79 Å². The van der Waals surface area contributed by atoms with Crippen molar-refractivity contribution in [2.75, 3.05) is 11.4 Å². The summed E-state index contributed by atoms with van der Waals surface area (Å²) in [7, 11) is 0. The van der Waals surface area contributed by atoms with Crippen LogP contribution in [-0.2, 0) is 0 Å². The minimum Gasteiger partial charge on any atom is -0.478 e. The first-order chi connectivity index (χ1) is 10.6. The van der Waals surface area contributed by atoms with E-state index < -0.39 is 5.97 Å². The van der Waals surface area contributed by atoms with Gasteiger partial charge in [0.15, 0.2) is 0 Å². The van der Waals surface area contributed by atoms with E-state index in [1.54, 1.807) is 17.0 Å². The highest BCUT2D eigenvalue weighted by atomic mass is 16.4. The van der Waals surface area contributed by atoms with E-state index in [1.165, 1.54) is 17.7 Å². The number of carboxylic acids is 1. The Hall–Kier alpha value is -2.62. The lowest BCUT2D eigenvalue weighted by Crippen LogP contribution is -2.36. The van der Waals surface area contributed by atoms with Crippen molar-refractivity contribution in [2.24, 2.45) is 0 Å². The highest BCUT2D eigenvalue weighted by Crippen LogP contribution is 2.35. The molecule has 0 fully saturated rings. The minimum atomic E-state index is -0.990. The molecule has 0 aliphatic carbocycles. The van der Waals surface area contributed by atoms with E-state index >= 15 is 0 Å². The second-order valence-corrected chi connectivity index (χ2v) is 5.59. The summed E-state index contributed by atoms with van der Waals surface area (Å²) in [5.74, 6) is -0.637. The fourth-order valence-corrected chi connectivity index (χ4v) is 2.87. The summed E-state index contributed by atoms with van der Waals surface area (Å²) in [4.78, 5) is 25.4. The molecule has 112 valence electrons. The lowest BCUT2D eigenvalue weighted by atomic mass is 9.91. The molecule has 1 aliphatic heterocycles. The zero-order valence-electron chi connectivity index (χ0n) is 12.3. The summed E-state index contributed by atoms with van der Waals surface area (Å²) in [5, 5.41) is 8.93. The van der Waals surface area contributed by atoms with Gasteiger partial charge >= 0.3 is 5.97 Å². The number of amides is 1. The molecule has 3 rings (SSSR count). The second-order valence-electron chi connectivity index (χ2n) is 5.59. The summed E-state index contributed by atoms with van der Waals surface area (Å²) >= 11 is 0. The van der Waals surface area contributed by atoms with Gasteiger partial charge in [-0.05, 0) is 48.2 Å². The van der Waals surface area contributed by atoms with Crippen molar-refractivity contribution in [2.45, 2.75) is 19.3 Å². The van der Waals surface area contributed by atoms with Gasteiger partial charge in [-0.3, -0.25) is 4.79 Å². The molecule has 1 heterocycles. The number of carbonyl (C=O) groups excluding carboxylic acids is 1. The fraction of sp³-hybridized carbons (Fsp3) is 0.222. The predicted octanol–water partition coefficient (Wildman–Crippen LogP) is 3.54. The first-order valence-electron chi connectivity index (χ1n) is 7.32. The number of hydrogen-bond acceptors (Lipinski definition) is 2. The maximum Gasteiger partial charge on any atom is 0.335 e. The molecular weight excluding hydrogens is 278 g/mol. The van der Waals surface area contributed by atoms with Crippen LogP contribution < -0.4 is 4.90 Å². The number of rotatable bonds is 2. The molecule has 4 heteroatoms. The van der Waals surface area contributed by atoms with Crippen LogP contribution in [0.15, 0.2) is 48.5 Å². The Kier molecular flexibility index (Phi) is 3.67. The molecule has 0 bridgehead atoms. The van der Waals surface area contributed by atoms with Gasteiger partial charge in [0, 0.05) is 17.8 Å². The molecular formula is C18H17NO3. The van der Waals surface area contributed by atoms with Crippen LogP contribution >= 0.6 is 0 Å². The molecule has 0 saturated heterocycles. The maximum atomic E-state index is 12.7. The summed E-state index contributed by atoms with van der Waals surface area (Å²) in [6, 6.07) is 14.0. The van der Waals surface area contributed by atoms with Gasteiger partial charge in [-0.15, -0.1) is 0 Å². The highest BCUT2D eigenvalue weighted by molar-refractivity contribution is 6.07. The third kappa shape index (κ3) is 2.48. The van der Waals surface area contributed by atoms with Crippen molar-refractivity contribution in [3.05, 3.63) is 65.2 Å². The molecule has 1 aliphatic rings. The lowest BCUT2D eigenvalue weighted by molar-refractivity contribution is 0.0696. The SMILES string of the molecule is CC1CCN(C(=O)c2ccc(C(=O)O)cc2)c2ccccc21. The zero-order chi connectivity index (χ0) is 15.7. The number of anilines is 1. The summed E-state index contributed by atoms with van der Waals surface area (Å²) in [6.45, 7) is 2.85. The van der Waals surface area contributed by atoms with Crippen LogP contribution in [0.5, 0.6) is 0 Å². The Labute approximate surface area is 129 Å². The maximum absolute atomic E-state index is 12.7. The van der Waals surface area contributed by atoms with Gasteiger partial charge < -0.3 is 10.0 Å². The van der Waals surface area contributed by atoms with Gasteiger partial charge in [-0.2, -0.15) is 0 Å². The zero-order valence-corrected chi connectivity index (χ0v) is 12.3. The fourth-order valence-electron chi connectivity index (χ4n) is 2.87. The first kappa shape index (κ1) is 14.3. The molecule has 1 N–H and O–H groups in total. The number of benzene rings is 2. The lowest BCUT2D eigenvalue weighted by Gasteiger charge is -2.33. The van der Waals surface area contributed by atoms with E-state index in [9.17, 15) is 9.59 Å².